The third-order valence-electron chi connectivity index (χ3n) is 5.07. The van der Waals surface area contributed by atoms with Crippen molar-refractivity contribution in [3.63, 3.8) is 0 Å². The van der Waals surface area contributed by atoms with Crippen molar-refractivity contribution in [1.29, 1.82) is 0 Å². The van der Waals surface area contributed by atoms with Crippen LogP contribution < -0.4 is 0 Å². The van der Waals surface area contributed by atoms with E-state index in [9.17, 15) is 4.79 Å². The van der Waals surface area contributed by atoms with Crippen molar-refractivity contribution in [2.45, 2.75) is 64.3 Å². The first kappa shape index (κ1) is 19.7. The first-order valence-corrected chi connectivity index (χ1v) is 11.9. The van der Waals surface area contributed by atoms with Gasteiger partial charge in [0.25, 0.3) is 0 Å². The van der Waals surface area contributed by atoms with Gasteiger partial charge in [-0.15, -0.1) is 0 Å². The Balaban J connectivity index is 1.95. The van der Waals surface area contributed by atoms with Gasteiger partial charge in [-0.05, 0) is 61.2 Å². The summed E-state index contributed by atoms with van der Waals surface area (Å²) < 4.78 is 11.7. The molecule has 1 aliphatic rings. The summed E-state index contributed by atoms with van der Waals surface area (Å²) in [6.45, 7) is 11.3. The van der Waals surface area contributed by atoms with Crippen LogP contribution in [0.5, 0.6) is 0 Å². The third kappa shape index (κ3) is 5.68. The maximum Gasteiger partial charge on any atom is 0.342 e. The molecule has 1 aromatic rings. The number of hydrogen-bond donors (Lipinski definition) is 0. The average molecular weight is 359 g/mol. The summed E-state index contributed by atoms with van der Waals surface area (Å²) in [5.74, 6) is -0.331. The van der Waals surface area contributed by atoms with E-state index in [0.717, 1.165) is 19.3 Å². The fraction of sp³-hybridized carbons (Fsp3) is 0.476. The van der Waals surface area contributed by atoms with Crippen LogP contribution in [-0.2, 0) is 9.16 Å². The van der Waals surface area contributed by atoms with Crippen molar-refractivity contribution in [2.75, 3.05) is 0 Å². The smallest absolute Gasteiger partial charge is 0.342 e. The molecule has 0 aromatic heterocycles. The molecule has 2 rings (SSSR count). The van der Waals surface area contributed by atoms with E-state index >= 15 is 0 Å². The molecule has 4 heteroatoms. The number of ether oxygens (including phenoxy) is 1. The number of benzene rings is 1. The van der Waals surface area contributed by atoms with E-state index in [-0.39, 0.29) is 17.1 Å². The molecule has 0 saturated carbocycles. The minimum Gasteiger partial charge on any atom is -0.431 e. The van der Waals surface area contributed by atoms with Crippen LogP contribution in [0.15, 0.2) is 54.3 Å². The molecule has 136 valence electrons. The second-order valence-electron chi connectivity index (χ2n) is 8.12. The number of carbonyl (C=O) groups is 1. The zero-order valence-electron chi connectivity index (χ0n) is 16.0. The van der Waals surface area contributed by atoms with E-state index in [2.05, 4.69) is 39.9 Å². The number of hydrogen-bond acceptors (Lipinski definition) is 3. The highest BCUT2D eigenvalue weighted by Crippen LogP contribution is 2.38. The van der Waals surface area contributed by atoms with Crippen LogP contribution in [0, 0.1) is 0 Å². The summed E-state index contributed by atoms with van der Waals surface area (Å²) in [7, 11) is -1.77. The van der Waals surface area contributed by atoms with Gasteiger partial charge < -0.3 is 9.16 Å². The Morgan fingerprint density at radius 1 is 1.20 bits per heavy atom. The lowest BCUT2D eigenvalue weighted by molar-refractivity contribution is 0.0663. The highest BCUT2D eigenvalue weighted by molar-refractivity contribution is 6.74. The van der Waals surface area contributed by atoms with E-state index in [1.54, 1.807) is 12.1 Å². The van der Waals surface area contributed by atoms with E-state index in [4.69, 9.17) is 9.16 Å². The number of esters is 1. The fourth-order valence-corrected chi connectivity index (χ4v) is 3.82. The summed E-state index contributed by atoms with van der Waals surface area (Å²) >= 11 is 0. The van der Waals surface area contributed by atoms with Gasteiger partial charge in [0.05, 0.1) is 17.9 Å². The molecule has 1 aromatic carbocycles. The van der Waals surface area contributed by atoms with Gasteiger partial charge in [-0.2, -0.15) is 0 Å². The quantitative estimate of drug-likeness (QED) is 0.376. The summed E-state index contributed by atoms with van der Waals surface area (Å²) in [5.41, 5.74) is 1.74. The fourth-order valence-electron chi connectivity index (χ4n) is 2.53. The molecule has 0 spiro atoms. The van der Waals surface area contributed by atoms with Gasteiger partial charge in [-0.1, -0.05) is 45.0 Å². The predicted molar refractivity (Wildman–Crippen MR) is 105 cm³/mol. The molecule has 3 nitrogen and oxygen atoms in total. The summed E-state index contributed by atoms with van der Waals surface area (Å²) in [6, 6.07) is 9.03. The van der Waals surface area contributed by atoms with Crippen LogP contribution in [0.1, 0.15) is 50.4 Å². The largest absolute Gasteiger partial charge is 0.431 e. The molecule has 0 saturated heterocycles. The average Bonchev–Trinajstić information content (AvgIpc) is 2.54. The standard InChI is InChI=1S/C21H30O3Si/c1-21(2,3)25(4,5)24-19-13-9-10-17(16-19)14-15-23-20(22)18-11-7-6-8-12-18/h6-8,11-12,14-16,19H,9-10,13H2,1-5H3/b15-14-/t19-/m0/s1. The van der Waals surface area contributed by atoms with Gasteiger partial charge in [-0.3, -0.25) is 0 Å². The van der Waals surface area contributed by atoms with Crippen LogP contribution in [0.4, 0.5) is 0 Å². The molecule has 0 aliphatic heterocycles. The molecule has 0 heterocycles. The lowest BCUT2D eigenvalue weighted by Gasteiger charge is -2.39. The third-order valence-corrected chi connectivity index (χ3v) is 9.58. The Kier molecular flexibility index (Phi) is 6.41. The Bertz CT molecular complexity index is 639. The van der Waals surface area contributed by atoms with Crippen molar-refractivity contribution < 1.29 is 14.0 Å². The molecule has 25 heavy (non-hydrogen) atoms. The Labute approximate surface area is 152 Å². The highest BCUT2D eigenvalue weighted by atomic mass is 28.4. The summed E-state index contributed by atoms with van der Waals surface area (Å²) in [6.07, 6.45) is 8.90. The van der Waals surface area contributed by atoms with Gasteiger partial charge in [0, 0.05) is 0 Å². The lowest BCUT2D eigenvalue weighted by atomic mass is 9.98. The maximum atomic E-state index is 11.9. The van der Waals surface area contributed by atoms with Crippen LogP contribution in [-0.4, -0.2) is 20.4 Å². The topological polar surface area (TPSA) is 35.5 Å². The van der Waals surface area contributed by atoms with Crippen molar-refractivity contribution in [3.05, 3.63) is 59.9 Å². The van der Waals surface area contributed by atoms with Crippen molar-refractivity contribution in [2.24, 2.45) is 0 Å². The van der Waals surface area contributed by atoms with E-state index < -0.39 is 8.32 Å². The summed E-state index contributed by atoms with van der Waals surface area (Å²) in [5, 5.41) is 0.208. The molecular formula is C21H30O3Si. The zero-order valence-corrected chi connectivity index (χ0v) is 17.0. The van der Waals surface area contributed by atoms with E-state index in [1.165, 1.54) is 11.8 Å². The van der Waals surface area contributed by atoms with Crippen LogP contribution >= 0.6 is 0 Å². The zero-order chi connectivity index (χ0) is 18.5. The first-order valence-electron chi connectivity index (χ1n) is 9.00. The monoisotopic (exact) mass is 358 g/mol. The van der Waals surface area contributed by atoms with Crippen molar-refractivity contribution in [3.8, 4) is 0 Å². The number of allylic oxidation sites excluding steroid dienone is 2. The number of carbonyl (C=O) groups excluding carboxylic acids is 1. The molecule has 0 N–H and O–H groups in total. The van der Waals surface area contributed by atoms with Crippen molar-refractivity contribution >= 4 is 14.3 Å². The van der Waals surface area contributed by atoms with E-state index in [0.29, 0.717) is 5.56 Å². The highest BCUT2D eigenvalue weighted by Gasteiger charge is 2.39. The molecule has 0 fully saturated rings. The molecule has 0 bridgehead atoms. The van der Waals surface area contributed by atoms with Gasteiger partial charge in [0.1, 0.15) is 0 Å². The molecule has 1 aliphatic carbocycles. The Hall–Kier alpha value is -1.65. The minimum absolute atomic E-state index is 0.166. The molecule has 1 atom stereocenters. The van der Waals surface area contributed by atoms with Crippen LogP contribution in [0.2, 0.25) is 18.1 Å². The molecule has 0 amide bonds. The van der Waals surface area contributed by atoms with Crippen molar-refractivity contribution in [1.82, 2.24) is 0 Å². The second-order valence-corrected chi connectivity index (χ2v) is 12.9. The Morgan fingerprint density at radius 3 is 2.52 bits per heavy atom. The molecule has 0 unspecified atom stereocenters. The number of rotatable bonds is 5. The van der Waals surface area contributed by atoms with Gasteiger partial charge in [0.2, 0.25) is 0 Å². The van der Waals surface area contributed by atoms with Gasteiger partial charge >= 0.3 is 5.97 Å². The first-order chi connectivity index (χ1) is 11.7. The maximum absolute atomic E-state index is 11.9. The van der Waals surface area contributed by atoms with Gasteiger partial charge in [-0.25, -0.2) is 4.79 Å². The predicted octanol–water partition coefficient (Wildman–Crippen LogP) is 5.86. The molecule has 0 radical (unpaired) electrons. The van der Waals surface area contributed by atoms with E-state index in [1.807, 2.05) is 24.3 Å². The summed E-state index contributed by atoms with van der Waals surface area (Å²) in [4.78, 5) is 11.9. The second kappa shape index (κ2) is 8.15. The SMILES string of the molecule is CC(C)(C)[Si](C)(C)O[C@@H]1C=C(/C=C\OC(=O)c2ccccc2)CCC1. The normalized spacial score (nSPS) is 18.9. The lowest BCUT2D eigenvalue weighted by Crippen LogP contribution is -2.43. The minimum atomic E-state index is -1.77. The Morgan fingerprint density at radius 2 is 1.88 bits per heavy atom. The van der Waals surface area contributed by atoms with Crippen LogP contribution in [0.25, 0.3) is 0 Å². The van der Waals surface area contributed by atoms with Gasteiger partial charge in [0.15, 0.2) is 8.32 Å². The van der Waals surface area contributed by atoms with Crippen LogP contribution in [0.3, 0.4) is 0 Å². The molecular weight excluding hydrogens is 328 g/mol.